The monoisotopic (exact) mass is 645 g/mol. The number of hydrogen-bond acceptors (Lipinski definition) is 7. The van der Waals surface area contributed by atoms with Crippen LogP contribution in [0, 0.1) is 25.7 Å². The Morgan fingerprint density at radius 1 is 1.07 bits per heavy atom. The zero-order valence-corrected chi connectivity index (χ0v) is 26.4. The van der Waals surface area contributed by atoms with E-state index in [1.165, 1.54) is 9.71 Å². The van der Waals surface area contributed by atoms with E-state index in [9.17, 15) is 26.4 Å². The molecule has 2 aliphatic heterocycles. The summed E-state index contributed by atoms with van der Waals surface area (Å²) >= 11 is 0. The van der Waals surface area contributed by atoms with E-state index < -0.39 is 28.2 Å². The van der Waals surface area contributed by atoms with Crippen molar-refractivity contribution in [1.82, 2.24) is 14.9 Å². The maximum Gasteiger partial charge on any atom is 0.389 e. The number of aliphatic hydroxyl groups excluding tert-OH is 1. The Bertz CT molecular complexity index is 1230. The highest BCUT2D eigenvalue weighted by Gasteiger charge is 2.50. The number of piperidine rings is 1. The van der Waals surface area contributed by atoms with Crippen LogP contribution >= 0.6 is 0 Å². The third kappa shape index (κ3) is 9.18. The molecule has 1 aliphatic carbocycles. The molecule has 4 rings (SSSR count). The highest BCUT2D eigenvalue weighted by Crippen LogP contribution is 2.38. The summed E-state index contributed by atoms with van der Waals surface area (Å²) < 4.78 is 76.8. The van der Waals surface area contributed by atoms with Gasteiger partial charge in [-0.1, -0.05) is 12.8 Å². The van der Waals surface area contributed by atoms with Gasteiger partial charge in [-0.05, 0) is 99.1 Å². The molecule has 13 heteroatoms. The summed E-state index contributed by atoms with van der Waals surface area (Å²) in [6, 6.07) is 3.71. The van der Waals surface area contributed by atoms with Crippen molar-refractivity contribution in [2.24, 2.45) is 11.8 Å². The Hall–Kier alpha value is -2.19. The van der Waals surface area contributed by atoms with Gasteiger partial charge >= 0.3 is 6.18 Å². The smallest absolute Gasteiger partial charge is 0.389 e. The molecule has 3 aliphatic rings. The minimum atomic E-state index is -4.13. The quantitative estimate of drug-likeness (QED) is 0.272. The van der Waals surface area contributed by atoms with Crippen LogP contribution in [0.1, 0.15) is 74.5 Å². The first-order valence-corrected chi connectivity index (χ1v) is 17.1. The maximum atomic E-state index is 13.2. The number of sulfonamides is 1. The number of carbonyl (C=O) groups is 1. The molecule has 0 radical (unpaired) electrons. The molecule has 1 aromatic rings. The van der Waals surface area contributed by atoms with Crippen LogP contribution in [0.2, 0.25) is 0 Å². The molecule has 9 nitrogen and oxygen atoms in total. The number of hydrogen-bond donors (Lipinski definition) is 3. The molecule has 1 aromatic carbocycles. The fourth-order valence-electron chi connectivity index (χ4n) is 6.59. The van der Waals surface area contributed by atoms with Gasteiger partial charge in [0, 0.05) is 38.1 Å². The van der Waals surface area contributed by atoms with Crippen molar-refractivity contribution >= 4 is 22.0 Å². The van der Waals surface area contributed by atoms with Gasteiger partial charge in [0.2, 0.25) is 15.9 Å². The van der Waals surface area contributed by atoms with Gasteiger partial charge in [-0.15, -0.1) is 0 Å². The van der Waals surface area contributed by atoms with E-state index in [2.05, 4.69) is 10.6 Å². The highest BCUT2D eigenvalue weighted by atomic mass is 32.2. The average Bonchev–Trinajstić information content (AvgIpc) is 3.28. The number of benzene rings is 1. The number of nitrogens with zero attached hydrogens (tertiary/aromatic N) is 1. The Labute approximate surface area is 258 Å². The summed E-state index contributed by atoms with van der Waals surface area (Å²) in [6.45, 7) is 5.52. The first kappa shape index (κ1) is 34.7. The first-order chi connectivity index (χ1) is 20.8. The lowest BCUT2D eigenvalue weighted by atomic mass is 9.78. The standard InChI is InChI=1S/C31H46F3N3O6S/c1-22-20-26(43-18-17-42-16-3-15-38)21-23(2)27(22)9-19-44(40,41)37-13-11-30(12-14-37)29(39)35-28(36-30)25-6-4-24(5-7-25)8-10-31(32,33)34/h9,19-21,24-25,28,36,38H,3-8,10-18H2,1-2H3,(H,35,39)/b19-9+. The zero-order valence-electron chi connectivity index (χ0n) is 25.6. The first-order valence-electron chi connectivity index (χ1n) is 15.6. The molecule has 1 unspecified atom stereocenters. The Morgan fingerprint density at radius 3 is 2.34 bits per heavy atom. The molecule has 1 saturated carbocycles. The predicted molar refractivity (Wildman–Crippen MR) is 161 cm³/mol. The maximum absolute atomic E-state index is 13.2. The van der Waals surface area contributed by atoms with Crippen LogP contribution in [0.25, 0.3) is 6.08 Å². The minimum absolute atomic E-state index is 0.0626. The molecular weight excluding hydrogens is 599 g/mol. The zero-order chi connectivity index (χ0) is 32.0. The lowest BCUT2D eigenvalue weighted by Gasteiger charge is -2.38. The fraction of sp³-hybridized carbons (Fsp3) is 0.710. The molecule has 3 fully saturated rings. The Kier molecular flexibility index (Phi) is 11.8. The molecule has 2 saturated heterocycles. The topological polar surface area (TPSA) is 117 Å². The van der Waals surface area contributed by atoms with E-state index in [0.29, 0.717) is 44.8 Å². The summed E-state index contributed by atoms with van der Waals surface area (Å²) in [4.78, 5) is 13.1. The van der Waals surface area contributed by atoms with E-state index in [0.717, 1.165) is 42.4 Å². The molecule has 0 bridgehead atoms. The van der Waals surface area contributed by atoms with Crippen LogP contribution in [0.5, 0.6) is 5.75 Å². The van der Waals surface area contributed by atoms with E-state index in [1.54, 1.807) is 6.08 Å². The summed E-state index contributed by atoms with van der Waals surface area (Å²) in [5, 5.41) is 16.5. The second-order valence-corrected chi connectivity index (χ2v) is 14.2. The fourth-order valence-corrected chi connectivity index (χ4v) is 7.77. The number of halogens is 3. The number of carbonyl (C=O) groups excluding carboxylic acids is 1. The van der Waals surface area contributed by atoms with Gasteiger partial charge in [0.25, 0.3) is 0 Å². The Balaban J connectivity index is 1.27. The van der Waals surface area contributed by atoms with Crippen molar-refractivity contribution in [2.75, 3.05) is 39.5 Å². The number of aryl methyl sites for hydroxylation is 2. The van der Waals surface area contributed by atoms with Gasteiger partial charge in [0.05, 0.1) is 12.8 Å². The number of amides is 1. The second-order valence-electron chi connectivity index (χ2n) is 12.4. The summed E-state index contributed by atoms with van der Waals surface area (Å²) in [5.74, 6) is 0.757. The number of alkyl halides is 3. The van der Waals surface area contributed by atoms with Crippen molar-refractivity contribution in [3.63, 3.8) is 0 Å². The molecule has 1 atom stereocenters. The third-order valence-electron chi connectivity index (χ3n) is 9.20. The lowest BCUT2D eigenvalue weighted by Crippen LogP contribution is -2.56. The van der Waals surface area contributed by atoms with Gasteiger partial charge in [-0.25, -0.2) is 8.42 Å². The van der Waals surface area contributed by atoms with Crippen LogP contribution in [0.3, 0.4) is 0 Å². The molecule has 44 heavy (non-hydrogen) atoms. The SMILES string of the molecule is Cc1cc(OCCOCCCO)cc(C)c1/C=C/S(=O)(=O)N1CCC2(CC1)NC(C1CCC(CCC(F)(F)F)CC1)NC2=O. The van der Waals surface area contributed by atoms with Crippen LogP contribution in [0.15, 0.2) is 17.5 Å². The van der Waals surface area contributed by atoms with E-state index >= 15 is 0 Å². The summed E-state index contributed by atoms with van der Waals surface area (Å²) in [7, 11) is -3.72. The van der Waals surface area contributed by atoms with Crippen LogP contribution < -0.4 is 15.4 Å². The minimum Gasteiger partial charge on any atom is -0.491 e. The summed E-state index contributed by atoms with van der Waals surface area (Å²) in [6.07, 6.45) is 0.865. The third-order valence-corrected chi connectivity index (χ3v) is 10.8. The van der Waals surface area contributed by atoms with Gasteiger partial charge in [-0.3, -0.25) is 10.1 Å². The van der Waals surface area contributed by atoms with Gasteiger partial charge < -0.3 is 19.9 Å². The molecule has 0 aromatic heterocycles. The number of rotatable bonds is 13. The van der Waals surface area contributed by atoms with Crippen molar-refractivity contribution in [3.05, 3.63) is 34.2 Å². The predicted octanol–water partition coefficient (Wildman–Crippen LogP) is 4.41. The van der Waals surface area contributed by atoms with Gasteiger partial charge in [0.15, 0.2) is 0 Å². The van der Waals surface area contributed by atoms with Gasteiger partial charge in [-0.2, -0.15) is 17.5 Å². The molecule has 2 heterocycles. The molecular formula is C31H46F3N3O6S. The highest BCUT2D eigenvalue weighted by molar-refractivity contribution is 7.92. The molecule has 1 spiro atoms. The number of nitrogens with one attached hydrogen (secondary N) is 2. The van der Waals surface area contributed by atoms with Crippen LogP contribution in [-0.2, 0) is 19.6 Å². The van der Waals surface area contributed by atoms with Crippen molar-refractivity contribution in [1.29, 1.82) is 0 Å². The molecule has 1 amide bonds. The van der Waals surface area contributed by atoms with Gasteiger partial charge in [0.1, 0.15) is 17.9 Å². The lowest BCUT2D eigenvalue weighted by molar-refractivity contribution is -0.138. The van der Waals surface area contributed by atoms with Crippen molar-refractivity contribution in [2.45, 2.75) is 89.5 Å². The Morgan fingerprint density at radius 2 is 1.73 bits per heavy atom. The van der Waals surface area contributed by atoms with E-state index in [4.69, 9.17) is 14.6 Å². The molecule has 3 N–H and O–H groups in total. The number of aliphatic hydroxyl groups is 1. The normalized spacial score (nSPS) is 24.7. The second kappa shape index (κ2) is 14.9. The van der Waals surface area contributed by atoms with Crippen LogP contribution in [-0.4, -0.2) is 81.1 Å². The van der Waals surface area contributed by atoms with Crippen molar-refractivity contribution in [3.8, 4) is 5.75 Å². The van der Waals surface area contributed by atoms with Crippen LogP contribution in [0.4, 0.5) is 13.2 Å². The van der Waals surface area contributed by atoms with Crippen molar-refractivity contribution < 1.29 is 41.0 Å². The van der Waals surface area contributed by atoms with E-state index in [1.807, 2.05) is 26.0 Å². The molecule has 248 valence electrons. The number of ether oxygens (including phenoxy) is 2. The largest absolute Gasteiger partial charge is 0.491 e. The average molecular weight is 646 g/mol. The summed E-state index contributed by atoms with van der Waals surface area (Å²) in [5.41, 5.74) is 1.71. The van der Waals surface area contributed by atoms with E-state index in [-0.39, 0.29) is 50.0 Å².